The third-order valence-corrected chi connectivity index (χ3v) is 7.49. The Labute approximate surface area is 129 Å². The van der Waals surface area contributed by atoms with Gasteiger partial charge in [-0.15, -0.1) is 0 Å². The van der Waals surface area contributed by atoms with Crippen LogP contribution < -0.4 is 10.5 Å². The van der Waals surface area contributed by atoms with E-state index in [0.717, 1.165) is 0 Å². The second kappa shape index (κ2) is 5.12. The number of sulfonamides is 1. The molecule has 2 rings (SSSR count). The molecule has 1 unspecified atom stereocenters. The van der Waals surface area contributed by atoms with Crippen molar-refractivity contribution in [2.75, 3.05) is 17.2 Å². The van der Waals surface area contributed by atoms with Crippen LogP contribution in [0.15, 0.2) is 17.0 Å². The van der Waals surface area contributed by atoms with Crippen LogP contribution in [0.5, 0.6) is 0 Å². The molecule has 1 atom stereocenters. The monoisotopic (exact) mass is 352 g/mol. The van der Waals surface area contributed by atoms with Crippen LogP contribution in [0.1, 0.15) is 18.9 Å². The molecule has 118 valence electrons. The van der Waals surface area contributed by atoms with Gasteiger partial charge >= 0.3 is 0 Å². The lowest BCUT2D eigenvalue weighted by Crippen LogP contribution is -2.46. The molecule has 0 bridgehead atoms. The Kier molecular flexibility index (Phi) is 4.03. The summed E-state index contributed by atoms with van der Waals surface area (Å²) in [5.74, 6) is -0.227. The van der Waals surface area contributed by atoms with Crippen molar-refractivity contribution < 1.29 is 16.8 Å². The summed E-state index contributed by atoms with van der Waals surface area (Å²) in [7, 11) is -7.07. The van der Waals surface area contributed by atoms with Crippen molar-refractivity contribution in [3.63, 3.8) is 0 Å². The number of halogens is 1. The molecule has 6 nitrogen and oxygen atoms in total. The molecule has 0 spiro atoms. The van der Waals surface area contributed by atoms with Crippen LogP contribution in [-0.2, 0) is 19.9 Å². The van der Waals surface area contributed by atoms with E-state index in [0.29, 0.717) is 10.6 Å². The first-order valence-corrected chi connectivity index (χ1v) is 9.92. The molecular formula is C12H17ClN2O4S2. The maximum Gasteiger partial charge on any atom is 0.241 e. The van der Waals surface area contributed by atoms with E-state index in [9.17, 15) is 16.8 Å². The molecule has 0 aliphatic carbocycles. The van der Waals surface area contributed by atoms with Gasteiger partial charge in [0.2, 0.25) is 10.0 Å². The number of rotatable bonds is 3. The third-order valence-electron chi connectivity index (χ3n) is 3.45. The molecule has 1 saturated heterocycles. The number of aryl methyl sites for hydroxylation is 1. The van der Waals surface area contributed by atoms with E-state index in [-0.39, 0.29) is 28.5 Å². The first-order valence-electron chi connectivity index (χ1n) is 6.24. The summed E-state index contributed by atoms with van der Waals surface area (Å²) in [6, 6.07) is 2.68. The third kappa shape index (κ3) is 3.50. The van der Waals surface area contributed by atoms with Crippen LogP contribution in [0.4, 0.5) is 5.69 Å². The second-order valence-electron chi connectivity index (χ2n) is 5.65. The van der Waals surface area contributed by atoms with Crippen LogP contribution in [0.3, 0.4) is 0 Å². The number of nitrogen functional groups attached to an aromatic ring is 1. The highest BCUT2D eigenvalue weighted by Gasteiger charge is 2.41. The Morgan fingerprint density at radius 3 is 2.48 bits per heavy atom. The Balaban J connectivity index is 2.36. The van der Waals surface area contributed by atoms with Gasteiger partial charge < -0.3 is 5.73 Å². The topological polar surface area (TPSA) is 106 Å². The van der Waals surface area contributed by atoms with Crippen molar-refractivity contribution in [3.05, 3.63) is 22.7 Å². The number of nitrogens with two attached hydrogens (primary N) is 1. The molecule has 0 amide bonds. The molecule has 3 N–H and O–H groups in total. The Morgan fingerprint density at radius 2 is 2.00 bits per heavy atom. The van der Waals surface area contributed by atoms with Crippen LogP contribution >= 0.6 is 11.6 Å². The van der Waals surface area contributed by atoms with Gasteiger partial charge in [-0.2, -0.15) is 0 Å². The average molecular weight is 353 g/mol. The molecule has 1 aliphatic rings. The molecule has 0 radical (unpaired) electrons. The van der Waals surface area contributed by atoms with E-state index in [4.69, 9.17) is 17.3 Å². The molecule has 1 heterocycles. The molecule has 9 heteroatoms. The number of hydrogen-bond acceptors (Lipinski definition) is 5. The average Bonchev–Trinajstić information content (AvgIpc) is 2.58. The van der Waals surface area contributed by atoms with Gasteiger partial charge in [0.25, 0.3) is 0 Å². The SMILES string of the molecule is Cc1cc(S(=O)(=O)NC2(C)CCS(=O)(=O)C2)cc(N)c1Cl. The summed E-state index contributed by atoms with van der Waals surface area (Å²) in [4.78, 5) is -0.0209. The fourth-order valence-corrected chi connectivity index (χ4v) is 6.24. The summed E-state index contributed by atoms with van der Waals surface area (Å²) in [5, 5.41) is 0.309. The minimum atomic E-state index is -3.87. The minimum Gasteiger partial charge on any atom is -0.397 e. The lowest BCUT2D eigenvalue weighted by Gasteiger charge is -2.23. The van der Waals surface area contributed by atoms with Crippen LogP contribution in [0.25, 0.3) is 0 Å². The number of nitrogens with one attached hydrogen (secondary N) is 1. The quantitative estimate of drug-likeness (QED) is 0.792. The zero-order chi connectivity index (χ0) is 16.1. The maximum atomic E-state index is 12.4. The fourth-order valence-electron chi connectivity index (χ4n) is 2.39. The van der Waals surface area contributed by atoms with Crippen LogP contribution in [0.2, 0.25) is 5.02 Å². The van der Waals surface area contributed by atoms with Crippen LogP contribution in [-0.4, -0.2) is 33.9 Å². The van der Waals surface area contributed by atoms with E-state index < -0.39 is 25.4 Å². The predicted octanol–water partition coefficient (Wildman–Crippen LogP) is 1.09. The van der Waals surface area contributed by atoms with Crippen molar-refractivity contribution in [1.82, 2.24) is 4.72 Å². The van der Waals surface area contributed by atoms with Crippen molar-refractivity contribution in [2.24, 2.45) is 0 Å². The fraction of sp³-hybridized carbons (Fsp3) is 0.500. The van der Waals surface area contributed by atoms with E-state index in [1.165, 1.54) is 12.1 Å². The normalized spacial score (nSPS) is 25.1. The Hall–Kier alpha value is -0.830. The maximum absolute atomic E-state index is 12.4. The van der Waals surface area contributed by atoms with Gasteiger partial charge in [0.15, 0.2) is 9.84 Å². The number of sulfone groups is 1. The predicted molar refractivity (Wildman–Crippen MR) is 82.6 cm³/mol. The molecule has 1 aromatic carbocycles. The standard InChI is InChI=1S/C12H17ClN2O4S2/c1-8-5-9(6-10(14)11(8)13)21(18,19)15-12(2)3-4-20(16,17)7-12/h5-6,15H,3-4,7,14H2,1-2H3. The summed E-state index contributed by atoms with van der Waals surface area (Å²) in [6.45, 7) is 3.24. The summed E-state index contributed by atoms with van der Waals surface area (Å²) in [6.07, 6.45) is 0.247. The van der Waals surface area contributed by atoms with Crippen molar-refractivity contribution in [1.29, 1.82) is 0 Å². The van der Waals surface area contributed by atoms with Gasteiger partial charge in [0.05, 0.1) is 27.1 Å². The zero-order valence-corrected chi connectivity index (χ0v) is 14.1. The second-order valence-corrected chi connectivity index (χ2v) is 9.90. The summed E-state index contributed by atoms with van der Waals surface area (Å²) in [5.41, 5.74) is 5.39. The van der Waals surface area contributed by atoms with Gasteiger partial charge in [0, 0.05) is 5.54 Å². The summed E-state index contributed by atoms with van der Waals surface area (Å²) < 4.78 is 50.4. The van der Waals surface area contributed by atoms with Gasteiger partial charge in [-0.3, -0.25) is 0 Å². The molecule has 0 saturated carbocycles. The smallest absolute Gasteiger partial charge is 0.241 e. The van der Waals surface area contributed by atoms with Crippen molar-refractivity contribution in [2.45, 2.75) is 30.7 Å². The highest BCUT2D eigenvalue weighted by atomic mass is 35.5. The molecule has 1 aliphatic heterocycles. The van der Waals surface area contributed by atoms with Crippen LogP contribution in [0, 0.1) is 6.92 Å². The molecule has 0 aromatic heterocycles. The molecule has 1 aromatic rings. The van der Waals surface area contributed by atoms with E-state index in [1.54, 1.807) is 13.8 Å². The number of benzene rings is 1. The van der Waals surface area contributed by atoms with Gasteiger partial charge in [0.1, 0.15) is 0 Å². The Bertz CT molecular complexity index is 766. The van der Waals surface area contributed by atoms with E-state index in [1.807, 2.05) is 0 Å². The largest absolute Gasteiger partial charge is 0.397 e. The number of anilines is 1. The first kappa shape index (κ1) is 16.5. The van der Waals surface area contributed by atoms with E-state index in [2.05, 4.69) is 4.72 Å². The van der Waals surface area contributed by atoms with Crippen molar-refractivity contribution in [3.8, 4) is 0 Å². The minimum absolute atomic E-state index is 0.0200. The van der Waals surface area contributed by atoms with Crippen molar-refractivity contribution >= 4 is 37.1 Å². The molecular weight excluding hydrogens is 336 g/mol. The highest BCUT2D eigenvalue weighted by molar-refractivity contribution is 7.92. The number of hydrogen-bond donors (Lipinski definition) is 2. The van der Waals surface area contributed by atoms with Gasteiger partial charge in [-0.1, -0.05) is 11.6 Å². The Morgan fingerprint density at radius 1 is 1.38 bits per heavy atom. The lowest BCUT2D eigenvalue weighted by atomic mass is 10.0. The molecule has 21 heavy (non-hydrogen) atoms. The van der Waals surface area contributed by atoms with E-state index >= 15 is 0 Å². The first-order chi connectivity index (χ1) is 9.44. The zero-order valence-electron chi connectivity index (χ0n) is 11.7. The highest BCUT2D eigenvalue weighted by Crippen LogP contribution is 2.29. The molecule has 1 fully saturated rings. The van der Waals surface area contributed by atoms with Gasteiger partial charge in [-0.05, 0) is 38.0 Å². The summed E-state index contributed by atoms with van der Waals surface area (Å²) >= 11 is 5.92. The van der Waals surface area contributed by atoms with Gasteiger partial charge in [-0.25, -0.2) is 21.6 Å². The lowest BCUT2D eigenvalue weighted by molar-refractivity contribution is 0.462.